The normalized spacial score (nSPS) is 11.5. The predicted molar refractivity (Wildman–Crippen MR) is 63.5 cm³/mol. The third kappa shape index (κ3) is 3.66. The van der Waals surface area contributed by atoms with Gasteiger partial charge in [0.05, 0.1) is 5.56 Å². The van der Waals surface area contributed by atoms with Gasteiger partial charge >= 0.3 is 6.18 Å². The highest BCUT2D eigenvalue weighted by Crippen LogP contribution is 2.34. The molecule has 6 heteroatoms. The molecule has 0 aliphatic heterocycles. The molecule has 3 N–H and O–H groups in total. The van der Waals surface area contributed by atoms with Gasteiger partial charge in [0.25, 0.3) is 0 Å². The molecule has 0 unspecified atom stereocenters. The molecule has 0 heterocycles. The number of hydrogen-bond donors (Lipinski definition) is 2. The summed E-state index contributed by atoms with van der Waals surface area (Å²) in [6.45, 7) is 1.96. The van der Waals surface area contributed by atoms with Gasteiger partial charge in [-0.25, -0.2) is 0 Å². The molecule has 0 amide bonds. The van der Waals surface area contributed by atoms with Gasteiger partial charge in [0, 0.05) is 10.5 Å². The first-order valence-corrected chi connectivity index (χ1v) is 6.03. The molecule has 0 aliphatic rings. The van der Waals surface area contributed by atoms with Crippen molar-refractivity contribution in [3.8, 4) is 0 Å². The van der Waals surface area contributed by atoms with Gasteiger partial charge in [0.1, 0.15) is 5.84 Å². The number of benzene rings is 1. The molecular formula is C11H13F3N2S. The number of alkyl halides is 3. The lowest BCUT2D eigenvalue weighted by atomic mass is 10.1. The van der Waals surface area contributed by atoms with Crippen LogP contribution in [0.15, 0.2) is 23.1 Å². The SMILES string of the molecule is CCCSc1ccc(C(=N)N)c(C(F)(F)F)c1. The minimum atomic E-state index is -4.48. The molecule has 0 radical (unpaired) electrons. The van der Waals surface area contributed by atoms with Crippen molar-refractivity contribution in [1.82, 2.24) is 0 Å². The Morgan fingerprint density at radius 2 is 2.06 bits per heavy atom. The molecule has 94 valence electrons. The molecule has 1 aromatic carbocycles. The summed E-state index contributed by atoms with van der Waals surface area (Å²) in [7, 11) is 0. The summed E-state index contributed by atoms with van der Waals surface area (Å²) in [5, 5.41) is 7.14. The fraction of sp³-hybridized carbons (Fsp3) is 0.364. The zero-order chi connectivity index (χ0) is 13.1. The highest BCUT2D eigenvalue weighted by atomic mass is 32.2. The maximum atomic E-state index is 12.7. The van der Waals surface area contributed by atoms with Crippen molar-refractivity contribution >= 4 is 17.6 Å². The molecule has 1 aromatic rings. The first-order valence-electron chi connectivity index (χ1n) is 5.04. The minimum absolute atomic E-state index is 0.265. The molecule has 2 nitrogen and oxygen atoms in total. The van der Waals surface area contributed by atoms with Crippen molar-refractivity contribution in [2.75, 3.05) is 5.75 Å². The number of nitrogen functional groups attached to an aromatic ring is 1. The molecule has 0 saturated carbocycles. The van der Waals surface area contributed by atoms with Crippen LogP contribution in [0.3, 0.4) is 0 Å². The van der Waals surface area contributed by atoms with Crippen LogP contribution in [0.1, 0.15) is 24.5 Å². The molecule has 0 bridgehead atoms. The van der Waals surface area contributed by atoms with E-state index in [4.69, 9.17) is 11.1 Å². The van der Waals surface area contributed by atoms with Crippen LogP contribution < -0.4 is 5.73 Å². The Kier molecular flexibility index (Phi) is 4.45. The lowest BCUT2D eigenvalue weighted by Crippen LogP contribution is -2.18. The fourth-order valence-electron chi connectivity index (χ4n) is 1.30. The van der Waals surface area contributed by atoms with Crippen molar-refractivity contribution in [3.63, 3.8) is 0 Å². The summed E-state index contributed by atoms with van der Waals surface area (Å²) in [5.74, 6) is 0.195. The summed E-state index contributed by atoms with van der Waals surface area (Å²) in [4.78, 5) is 0.546. The second-order valence-electron chi connectivity index (χ2n) is 3.47. The molecule has 0 atom stereocenters. The van der Waals surface area contributed by atoms with Gasteiger partial charge in [-0.15, -0.1) is 11.8 Å². The van der Waals surface area contributed by atoms with E-state index < -0.39 is 17.6 Å². The maximum Gasteiger partial charge on any atom is 0.417 e. The van der Waals surface area contributed by atoms with Crippen molar-refractivity contribution in [2.45, 2.75) is 24.4 Å². The quantitative estimate of drug-likeness (QED) is 0.495. The van der Waals surface area contributed by atoms with Gasteiger partial charge in [0.15, 0.2) is 0 Å². The van der Waals surface area contributed by atoms with Gasteiger partial charge < -0.3 is 5.73 Å². The lowest BCUT2D eigenvalue weighted by molar-refractivity contribution is -0.137. The zero-order valence-corrected chi connectivity index (χ0v) is 10.1. The van der Waals surface area contributed by atoms with E-state index in [2.05, 4.69) is 0 Å². The van der Waals surface area contributed by atoms with Crippen LogP contribution in [0.5, 0.6) is 0 Å². The first-order chi connectivity index (χ1) is 7.86. The van der Waals surface area contributed by atoms with Crippen LogP contribution >= 0.6 is 11.8 Å². The minimum Gasteiger partial charge on any atom is -0.384 e. The Hall–Kier alpha value is -1.17. The van der Waals surface area contributed by atoms with E-state index in [9.17, 15) is 13.2 Å². The summed E-state index contributed by atoms with van der Waals surface area (Å²) in [5.41, 5.74) is 4.03. The maximum absolute atomic E-state index is 12.7. The second-order valence-corrected chi connectivity index (χ2v) is 4.64. The average molecular weight is 262 g/mol. The Morgan fingerprint density at radius 3 is 2.53 bits per heavy atom. The first kappa shape index (κ1) is 13.9. The fourth-order valence-corrected chi connectivity index (χ4v) is 2.11. The summed E-state index contributed by atoms with van der Waals surface area (Å²) in [6, 6.07) is 3.87. The van der Waals surface area contributed by atoms with Crippen molar-refractivity contribution in [3.05, 3.63) is 29.3 Å². The smallest absolute Gasteiger partial charge is 0.384 e. The van der Waals surface area contributed by atoms with Crippen LogP contribution in [0, 0.1) is 5.41 Å². The summed E-state index contributed by atoms with van der Waals surface area (Å²) < 4.78 is 38.2. The second kappa shape index (κ2) is 5.44. The summed E-state index contributed by atoms with van der Waals surface area (Å²) in [6.07, 6.45) is -3.59. The van der Waals surface area contributed by atoms with Gasteiger partial charge in [-0.3, -0.25) is 5.41 Å². The van der Waals surface area contributed by atoms with E-state index in [1.165, 1.54) is 17.8 Å². The molecular weight excluding hydrogens is 249 g/mol. The molecule has 0 saturated heterocycles. The topological polar surface area (TPSA) is 49.9 Å². The highest BCUT2D eigenvalue weighted by molar-refractivity contribution is 7.99. The number of thioether (sulfide) groups is 1. The van der Waals surface area contributed by atoms with Gasteiger partial charge in [-0.2, -0.15) is 13.2 Å². The Labute approximate surface area is 102 Å². The molecule has 0 spiro atoms. The highest BCUT2D eigenvalue weighted by Gasteiger charge is 2.34. The van der Waals surface area contributed by atoms with E-state index in [1.807, 2.05) is 6.92 Å². The number of hydrogen-bond acceptors (Lipinski definition) is 2. The Balaban J connectivity index is 3.15. The Bertz CT molecular complexity index is 416. The third-order valence-corrected chi connectivity index (χ3v) is 3.26. The summed E-state index contributed by atoms with van der Waals surface area (Å²) >= 11 is 1.36. The average Bonchev–Trinajstić information content (AvgIpc) is 2.24. The largest absolute Gasteiger partial charge is 0.417 e. The predicted octanol–water partition coefficient (Wildman–Crippen LogP) is 3.49. The van der Waals surface area contributed by atoms with Crippen LogP contribution in [0.4, 0.5) is 13.2 Å². The number of nitrogens with one attached hydrogen (secondary N) is 1. The molecule has 17 heavy (non-hydrogen) atoms. The monoisotopic (exact) mass is 262 g/mol. The van der Waals surface area contributed by atoms with Gasteiger partial charge in [0.2, 0.25) is 0 Å². The van der Waals surface area contributed by atoms with E-state index in [0.717, 1.165) is 18.2 Å². The number of halogens is 3. The van der Waals surface area contributed by atoms with Crippen molar-refractivity contribution in [2.24, 2.45) is 5.73 Å². The van der Waals surface area contributed by atoms with Crippen LogP contribution in [0.25, 0.3) is 0 Å². The third-order valence-electron chi connectivity index (χ3n) is 2.06. The molecule has 0 aliphatic carbocycles. The van der Waals surface area contributed by atoms with Crippen molar-refractivity contribution in [1.29, 1.82) is 5.41 Å². The number of nitrogens with two attached hydrogens (primary N) is 1. The Morgan fingerprint density at radius 1 is 1.41 bits per heavy atom. The van der Waals surface area contributed by atoms with E-state index in [1.54, 1.807) is 6.07 Å². The standard InChI is InChI=1S/C11H13F3N2S/c1-2-5-17-7-3-4-8(10(15)16)9(6-7)11(12,13)14/h3-4,6H,2,5H2,1H3,(H3,15,16). The van der Waals surface area contributed by atoms with Crippen LogP contribution in [-0.2, 0) is 6.18 Å². The van der Waals surface area contributed by atoms with Crippen LogP contribution in [0.2, 0.25) is 0 Å². The number of amidine groups is 1. The van der Waals surface area contributed by atoms with Crippen LogP contribution in [-0.4, -0.2) is 11.6 Å². The molecule has 0 aromatic heterocycles. The van der Waals surface area contributed by atoms with E-state index in [-0.39, 0.29) is 5.56 Å². The van der Waals surface area contributed by atoms with Gasteiger partial charge in [-0.1, -0.05) is 6.92 Å². The van der Waals surface area contributed by atoms with Crippen molar-refractivity contribution < 1.29 is 13.2 Å². The molecule has 0 fully saturated rings. The molecule has 1 rings (SSSR count). The van der Waals surface area contributed by atoms with Gasteiger partial charge in [-0.05, 0) is 30.4 Å². The van der Waals surface area contributed by atoms with E-state index in [0.29, 0.717) is 4.90 Å². The van der Waals surface area contributed by atoms with E-state index >= 15 is 0 Å². The lowest BCUT2D eigenvalue weighted by Gasteiger charge is -2.13. The zero-order valence-electron chi connectivity index (χ0n) is 9.27. The number of rotatable bonds is 4.